The second-order valence-corrected chi connectivity index (χ2v) is 6.17. The molecular formula is C17H19FN2O4. The van der Waals surface area contributed by atoms with Crippen LogP contribution >= 0.6 is 0 Å². The summed E-state index contributed by atoms with van der Waals surface area (Å²) in [7, 11) is 0. The highest BCUT2D eigenvalue weighted by Gasteiger charge is 2.36. The number of carbonyl (C=O) groups is 1. The number of rotatable bonds is 4. The molecule has 24 heavy (non-hydrogen) atoms. The molecule has 1 heterocycles. The third kappa shape index (κ3) is 2.98. The zero-order valence-corrected chi connectivity index (χ0v) is 13.4. The second kappa shape index (κ2) is 6.59. The highest BCUT2D eigenvalue weighted by molar-refractivity contribution is 5.97. The molecule has 128 valence electrons. The van der Waals surface area contributed by atoms with E-state index in [9.17, 15) is 19.3 Å². The van der Waals surface area contributed by atoms with Gasteiger partial charge in [-0.15, -0.1) is 0 Å². The number of halogens is 1. The van der Waals surface area contributed by atoms with Crippen molar-refractivity contribution < 1.29 is 18.8 Å². The summed E-state index contributed by atoms with van der Waals surface area (Å²) in [6.07, 6.45) is 6.13. The first kappa shape index (κ1) is 16.4. The van der Waals surface area contributed by atoms with Crippen LogP contribution in [0.15, 0.2) is 24.3 Å². The van der Waals surface area contributed by atoms with E-state index in [0.717, 1.165) is 25.0 Å². The second-order valence-electron chi connectivity index (χ2n) is 6.17. The highest BCUT2D eigenvalue weighted by Crippen LogP contribution is 2.39. The molecule has 3 rings (SSSR count). The van der Waals surface area contributed by atoms with Crippen molar-refractivity contribution in [3.05, 3.63) is 45.8 Å². The smallest absolute Gasteiger partial charge is 0.340 e. The SMILES string of the molecule is CCOC(=O)c1cc([N+](=O)[O-])cc(F)c1N1CC2CC=CCC2C1. The molecule has 0 amide bonds. The summed E-state index contributed by atoms with van der Waals surface area (Å²) >= 11 is 0. The number of benzene rings is 1. The largest absolute Gasteiger partial charge is 0.462 e. The fourth-order valence-corrected chi connectivity index (χ4v) is 3.57. The average Bonchev–Trinajstić information content (AvgIpc) is 2.97. The van der Waals surface area contributed by atoms with Gasteiger partial charge in [0.15, 0.2) is 5.82 Å². The standard InChI is InChI=1S/C17H19FN2O4/c1-2-24-17(21)14-7-13(20(22)23)8-15(18)16(14)19-9-11-5-3-4-6-12(11)10-19/h3-4,7-8,11-12H,2,5-6,9-10H2,1H3. The number of hydrogen-bond donors (Lipinski definition) is 0. The topological polar surface area (TPSA) is 72.7 Å². The lowest BCUT2D eigenvalue weighted by Crippen LogP contribution is -2.24. The number of non-ortho nitro benzene ring substituents is 1. The lowest BCUT2D eigenvalue weighted by molar-refractivity contribution is -0.385. The summed E-state index contributed by atoms with van der Waals surface area (Å²) in [4.78, 5) is 24.3. The Balaban J connectivity index is 2.00. The van der Waals surface area contributed by atoms with E-state index in [1.54, 1.807) is 6.92 Å². The molecule has 2 atom stereocenters. The first-order valence-electron chi connectivity index (χ1n) is 8.06. The van der Waals surface area contributed by atoms with E-state index in [4.69, 9.17) is 4.74 Å². The molecular weight excluding hydrogens is 315 g/mol. The lowest BCUT2D eigenvalue weighted by Gasteiger charge is -2.22. The van der Waals surface area contributed by atoms with Gasteiger partial charge in [-0.1, -0.05) is 12.2 Å². The lowest BCUT2D eigenvalue weighted by atomic mass is 9.86. The fourth-order valence-electron chi connectivity index (χ4n) is 3.57. The maximum Gasteiger partial charge on any atom is 0.340 e. The first-order valence-corrected chi connectivity index (χ1v) is 8.06. The van der Waals surface area contributed by atoms with E-state index in [0.29, 0.717) is 24.9 Å². The molecule has 0 spiro atoms. The third-order valence-electron chi connectivity index (χ3n) is 4.69. The zero-order valence-electron chi connectivity index (χ0n) is 13.4. The van der Waals surface area contributed by atoms with Crippen LogP contribution in [0.4, 0.5) is 15.8 Å². The fraction of sp³-hybridized carbons (Fsp3) is 0.471. The van der Waals surface area contributed by atoms with Crippen LogP contribution in [-0.2, 0) is 4.74 Å². The molecule has 2 aliphatic rings. The van der Waals surface area contributed by atoms with Gasteiger partial charge in [-0.2, -0.15) is 0 Å². The minimum atomic E-state index is -0.751. The highest BCUT2D eigenvalue weighted by atomic mass is 19.1. The van der Waals surface area contributed by atoms with Crippen molar-refractivity contribution in [3.8, 4) is 0 Å². The molecule has 0 saturated carbocycles. The van der Waals surface area contributed by atoms with E-state index in [1.807, 2.05) is 4.90 Å². The van der Waals surface area contributed by atoms with Crippen molar-refractivity contribution in [2.24, 2.45) is 11.8 Å². The Labute approximate surface area is 139 Å². The number of allylic oxidation sites excluding steroid dienone is 2. The number of ether oxygens (including phenoxy) is 1. The molecule has 1 aromatic rings. The minimum Gasteiger partial charge on any atom is -0.462 e. The number of esters is 1. The van der Waals surface area contributed by atoms with Crippen LogP contribution in [0.5, 0.6) is 0 Å². The van der Waals surface area contributed by atoms with Crippen LogP contribution in [0.3, 0.4) is 0 Å². The molecule has 0 aromatic heterocycles. The molecule has 0 radical (unpaired) electrons. The molecule has 1 fully saturated rings. The van der Waals surface area contributed by atoms with Crippen molar-refractivity contribution >= 4 is 17.3 Å². The molecule has 1 saturated heterocycles. The number of hydrogen-bond acceptors (Lipinski definition) is 5. The van der Waals surface area contributed by atoms with Crippen molar-refractivity contribution in [3.63, 3.8) is 0 Å². The van der Waals surface area contributed by atoms with Crippen LogP contribution < -0.4 is 4.90 Å². The predicted octanol–water partition coefficient (Wildman–Crippen LogP) is 3.31. The van der Waals surface area contributed by atoms with Gasteiger partial charge < -0.3 is 9.64 Å². The van der Waals surface area contributed by atoms with Crippen LogP contribution in [0.2, 0.25) is 0 Å². The zero-order chi connectivity index (χ0) is 17.3. The van der Waals surface area contributed by atoms with Gasteiger partial charge >= 0.3 is 5.97 Å². The van der Waals surface area contributed by atoms with Crippen LogP contribution in [0.1, 0.15) is 30.1 Å². The molecule has 6 nitrogen and oxygen atoms in total. The van der Waals surface area contributed by atoms with E-state index >= 15 is 0 Å². The van der Waals surface area contributed by atoms with Gasteiger partial charge in [0.25, 0.3) is 5.69 Å². The molecule has 0 N–H and O–H groups in total. The van der Waals surface area contributed by atoms with Crippen molar-refractivity contribution in [1.82, 2.24) is 0 Å². The number of nitro groups is 1. The van der Waals surface area contributed by atoms with Gasteiger partial charge in [0.05, 0.1) is 28.8 Å². The Kier molecular flexibility index (Phi) is 4.51. The van der Waals surface area contributed by atoms with Crippen molar-refractivity contribution in [2.75, 3.05) is 24.6 Å². The Bertz CT molecular complexity index is 688. The molecule has 0 bridgehead atoms. The molecule has 1 aromatic carbocycles. The number of anilines is 1. The summed E-state index contributed by atoms with van der Waals surface area (Å²) in [5, 5.41) is 11.0. The van der Waals surface area contributed by atoms with E-state index < -0.39 is 22.4 Å². The van der Waals surface area contributed by atoms with Gasteiger partial charge in [-0.25, -0.2) is 9.18 Å². The van der Waals surface area contributed by atoms with Gasteiger partial charge in [0.1, 0.15) is 0 Å². The Hall–Kier alpha value is -2.44. The van der Waals surface area contributed by atoms with Crippen LogP contribution in [0, 0.1) is 27.8 Å². The summed E-state index contributed by atoms with van der Waals surface area (Å²) in [5.74, 6) is -0.652. The monoisotopic (exact) mass is 334 g/mol. The summed E-state index contributed by atoms with van der Waals surface area (Å²) in [6.45, 7) is 3.03. The Morgan fingerprint density at radius 1 is 1.33 bits per heavy atom. The van der Waals surface area contributed by atoms with Crippen LogP contribution in [-0.4, -0.2) is 30.6 Å². The number of carbonyl (C=O) groups excluding carboxylic acids is 1. The third-order valence-corrected chi connectivity index (χ3v) is 4.69. The van der Waals surface area contributed by atoms with Gasteiger partial charge in [-0.3, -0.25) is 10.1 Å². The number of nitro benzene ring substituents is 1. The van der Waals surface area contributed by atoms with Gasteiger partial charge in [-0.05, 0) is 31.6 Å². The van der Waals surface area contributed by atoms with Gasteiger partial charge in [0.2, 0.25) is 0 Å². The van der Waals surface area contributed by atoms with E-state index in [-0.39, 0.29) is 17.9 Å². The minimum absolute atomic E-state index is 0.0739. The predicted molar refractivity (Wildman–Crippen MR) is 86.6 cm³/mol. The molecule has 7 heteroatoms. The first-order chi connectivity index (χ1) is 11.5. The van der Waals surface area contributed by atoms with E-state index in [1.165, 1.54) is 0 Å². The van der Waals surface area contributed by atoms with E-state index in [2.05, 4.69) is 12.2 Å². The maximum absolute atomic E-state index is 14.6. The average molecular weight is 334 g/mol. The normalized spacial score (nSPS) is 22.3. The molecule has 2 unspecified atom stereocenters. The van der Waals surface area contributed by atoms with Crippen LogP contribution in [0.25, 0.3) is 0 Å². The van der Waals surface area contributed by atoms with Crippen molar-refractivity contribution in [1.29, 1.82) is 0 Å². The summed E-state index contributed by atoms with van der Waals surface area (Å²) in [6, 6.07) is 1.98. The molecule has 1 aliphatic carbocycles. The van der Waals surface area contributed by atoms with Gasteiger partial charge in [0, 0.05) is 19.2 Å². The maximum atomic E-state index is 14.6. The summed E-state index contributed by atoms with van der Waals surface area (Å²) < 4.78 is 19.6. The Morgan fingerprint density at radius 2 is 1.96 bits per heavy atom. The number of nitrogens with zero attached hydrogens (tertiary/aromatic N) is 2. The summed E-state index contributed by atoms with van der Waals surface area (Å²) in [5.41, 5.74) is -0.402. The Morgan fingerprint density at radius 3 is 2.50 bits per heavy atom. The quantitative estimate of drug-likeness (QED) is 0.365. The number of fused-ring (bicyclic) bond motifs is 1. The molecule has 1 aliphatic heterocycles. The van der Waals surface area contributed by atoms with Crippen molar-refractivity contribution in [2.45, 2.75) is 19.8 Å².